The van der Waals surface area contributed by atoms with Crippen molar-refractivity contribution in [1.82, 2.24) is 9.97 Å². The van der Waals surface area contributed by atoms with E-state index in [-0.39, 0.29) is 6.71 Å². The zero-order valence-corrected chi connectivity index (χ0v) is 21.1. The largest absolute Gasteiger partial charge is 0.311 e. The normalized spacial score (nSPS) is 13.0. The standard InChI is InChI=1S/C34H23BN4/c1-3-12-24(13-4-1)38-29-19-8-7-17-27(29)35-28-18-9-16-26(34-36-22-11-23-37-34)33(28)39(25-14-5-2-6-15-25)31-21-10-20-30(38)32(31)35/h1-23H. The molecule has 0 unspecified atom stereocenters. The third kappa shape index (κ3) is 3.26. The van der Waals surface area contributed by atoms with Gasteiger partial charge in [0, 0.05) is 46.4 Å². The predicted molar refractivity (Wildman–Crippen MR) is 161 cm³/mol. The van der Waals surface area contributed by atoms with Crippen LogP contribution in [0.2, 0.25) is 0 Å². The van der Waals surface area contributed by atoms with Crippen molar-refractivity contribution in [2.75, 3.05) is 9.80 Å². The second-order valence-corrected chi connectivity index (χ2v) is 9.86. The van der Waals surface area contributed by atoms with Crippen LogP contribution in [0.15, 0.2) is 140 Å². The number of aromatic nitrogens is 2. The molecule has 0 fully saturated rings. The third-order valence-electron chi connectivity index (χ3n) is 7.76. The Morgan fingerprint density at radius 2 is 1.03 bits per heavy atom. The van der Waals surface area contributed by atoms with E-state index in [0.717, 1.165) is 28.5 Å². The Morgan fingerprint density at radius 3 is 1.77 bits per heavy atom. The van der Waals surface area contributed by atoms with E-state index in [1.165, 1.54) is 33.5 Å². The van der Waals surface area contributed by atoms with Crippen molar-refractivity contribution in [3.63, 3.8) is 0 Å². The number of benzene rings is 5. The van der Waals surface area contributed by atoms with Crippen LogP contribution in [0.5, 0.6) is 0 Å². The Labute approximate surface area is 227 Å². The highest BCUT2D eigenvalue weighted by atomic mass is 15.2. The molecule has 2 aliphatic rings. The van der Waals surface area contributed by atoms with Crippen LogP contribution in [-0.2, 0) is 0 Å². The van der Waals surface area contributed by atoms with Gasteiger partial charge < -0.3 is 9.80 Å². The quantitative estimate of drug-likeness (QED) is 0.271. The topological polar surface area (TPSA) is 32.3 Å². The van der Waals surface area contributed by atoms with E-state index < -0.39 is 0 Å². The van der Waals surface area contributed by atoms with Gasteiger partial charge in [-0.05, 0) is 71.0 Å². The first-order chi connectivity index (χ1) is 19.4. The molecule has 0 aliphatic carbocycles. The smallest absolute Gasteiger partial charge is 0.252 e. The molecule has 2 aliphatic heterocycles. The van der Waals surface area contributed by atoms with Crippen molar-refractivity contribution >= 4 is 57.2 Å². The molecular weight excluding hydrogens is 475 g/mol. The van der Waals surface area contributed by atoms with Crippen LogP contribution in [0.3, 0.4) is 0 Å². The lowest BCUT2D eigenvalue weighted by Gasteiger charge is -2.44. The maximum absolute atomic E-state index is 4.67. The average Bonchev–Trinajstić information content (AvgIpc) is 3.02. The molecule has 4 nitrogen and oxygen atoms in total. The number of rotatable bonds is 3. The molecule has 6 aromatic rings. The minimum Gasteiger partial charge on any atom is -0.311 e. The number of hydrogen-bond donors (Lipinski definition) is 0. The van der Waals surface area contributed by atoms with Gasteiger partial charge in [0.15, 0.2) is 5.82 Å². The molecule has 0 radical (unpaired) electrons. The molecule has 3 heterocycles. The maximum atomic E-state index is 4.67. The monoisotopic (exact) mass is 498 g/mol. The Bertz CT molecular complexity index is 1820. The molecular formula is C34H23BN4. The van der Waals surface area contributed by atoms with Gasteiger partial charge in [-0.2, -0.15) is 0 Å². The number of hydrogen-bond acceptors (Lipinski definition) is 4. The van der Waals surface area contributed by atoms with Gasteiger partial charge in [-0.1, -0.05) is 72.8 Å². The zero-order valence-electron chi connectivity index (χ0n) is 21.1. The second kappa shape index (κ2) is 8.71. The minimum atomic E-state index is 0.0750. The van der Waals surface area contributed by atoms with Crippen LogP contribution in [0.25, 0.3) is 11.4 Å². The van der Waals surface area contributed by atoms with Crippen molar-refractivity contribution in [3.8, 4) is 11.4 Å². The van der Waals surface area contributed by atoms with Gasteiger partial charge in [0.05, 0.1) is 5.69 Å². The van der Waals surface area contributed by atoms with Crippen LogP contribution in [-0.4, -0.2) is 16.7 Å². The lowest BCUT2D eigenvalue weighted by molar-refractivity contribution is 1.17. The van der Waals surface area contributed by atoms with Crippen LogP contribution >= 0.6 is 0 Å². The van der Waals surface area contributed by atoms with E-state index in [0.29, 0.717) is 0 Å². The summed E-state index contributed by atoms with van der Waals surface area (Å²) in [6.07, 6.45) is 3.63. The van der Waals surface area contributed by atoms with Gasteiger partial charge in [0.1, 0.15) is 0 Å². The molecule has 5 aromatic carbocycles. The Morgan fingerprint density at radius 1 is 0.462 bits per heavy atom. The SMILES string of the molecule is c1ccc(N2c3ccccc3B3c4cccc(-c5ncccn5)c4N(c4ccccc4)c4cccc2c43)cc1. The Hall–Kier alpha value is -5.16. The summed E-state index contributed by atoms with van der Waals surface area (Å²) >= 11 is 0. The van der Waals surface area contributed by atoms with Crippen molar-refractivity contribution in [3.05, 3.63) is 140 Å². The minimum absolute atomic E-state index is 0.0750. The zero-order chi connectivity index (χ0) is 25.8. The molecule has 0 N–H and O–H groups in total. The van der Waals surface area contributed by atoms with Crippen molar-refractivity contribution in [2.45, 2.75) is 0 Å². The van der Waals surface area contributed by atoms with Gasteiger partial charge in [0.2, 0.25) is 0 Å². The molecule has 0 saturated carbocycles. The lowest BCUT2D eigenvalue weighted by Crippen LogP contribution is -2.61. The maximum Gasteiger partial charge on any atom is 0.252 e. The molecule has 0 spiro atoms. The van der Waals surface area contributed by atoms with E-state index in [4.69, 9.17) is 0 Å². The fourth-order valence-electron chi connectivity index (χ4n) is 6.25. The van der Waals surface area contributed by atoms with Crippen LogP contribution in [0.1, 0.15) is 0 Å². The van der Waals surface area contributed by atoms with Crippen LogP contribution in [0, 0.1) is 0 Å². The number of para-hydroxylation sites is 4. The summed E-state index contributed by atoms with van der Waals surface area (Å²) < 4.78 is 0. The molecule has 0 atom stereocenters. The number of anilines is 6. The van der Waals surface area contributed by atoms with Crippen molar-refractivity contribution in [1.29, 1.82) is 0 Å². The summed E-state index contributed by atoms with van der Waals surface area (Å²) in [4.78, 5) is 14.1. The van der Waals surface area contributed by atoms with E-state index in [9.17, 15) is 0 Å². The van der Waals surface area contributed by atoms with Crippen LogP contribution in [0.4, 0.5) is 34.1 Å². The fraction of sp³-hybridized carbons (Fsp3) is 0. The van der Waals surface area contributed by atoms with Crippen LogP contribution < -0.4 is 26.2 Å². The Balaban J connectivity index is 1.49. The lowest BCUT2D eigenvalue weighted by atomic mass is 9.33. The summed E-state index contributed by atoms with van der Waals surface area (Å²) in [5.41, 5.74) is 11.9. The number of fused-ring (bicyclic) bond motifs is 4. The van der Waals surface area contributed by atoms with Crippen molar-refractivity contribution in [2.24, 2.45) is 0 Å². The first kappa shape index (κ1) is 21.9. The van der Waals surface area contributed by atoms with E-state index in [1.807, 2.05) is 18.5 Å². The van der Waals surface area contributed by atoms with Gasteiger partial charge in [0.25, 0.3) is 6.71 Å². The highest BCUT2D eigenvalue weighted by Gasteiger charge is 2.43. The first-order valence-electron chi connectivity index (χ1n) is 13.2. The average molecular weight is 498 g/mol. The first-order valence-corrected chi connectivity index (χ1v) is 13.2. The number of nitrogens with zero attached hydrogens (tertiary/aromatic N) is 4. The molecule has 182 valence electrons. The summed E-state index contributed by atoms with van der Waals surface area (Å²) in [5.74, 6) is 0.727. The molecule has 0 bridgehead atoms. The van der Waals surface area contributed by atoms with E-state index in [1.54, 1.807) is 0 Å². The molecule has 0 saturated heterocycles. The second-order valence-electron chi connectivity index (χ2n) is 9.86. The van der Waals surface area contributed by atoms with E-state index >= 15 is 0 Å². The van der Waals surface area contributed by atoms with E-state index in [2.05, 4.69) is 141 Å². The third-order valence-corrected chi connectivity index (χ3v) is 7.76. The molecule has 5 heteroatoms. The predicted octanol–water partition coefficient (Wildman–Crippen LogP) is 6.23. The van der Waals surface area contributed by atoms with Gasteiger partial charge in [-0.3, -0.25) is 0 Å². The van der Waals surface area contributed by atoms with Crippen molar-refractivity contribution < 1.29 is 0 Å². The summed E-state index contributed by atoms with van der Waals surface area (Å²) in [6, 6.07) is 45.2. The summed E-state index contributed by atoms with van der Waals surface area (Å²) in [6.45, 7) is 0.0750. The molecule has 8 rings (SSSR count). The van der Waals surface area contributed by atoms with Gasteiger partial charge in [-0.15, -0.1) is 0 Å². The van der Waals surface area contributed by atoms with Gasteiger partial charge in [-0.25, -0.2) is 9.97 Å². The summed E-state index contributed by atoms with van der Waals surface area (Å²) in [7, 11) is 0. The highest BCUT2D eigenvalue weighted by Crippen LogP contribution is 2.45. The molecule has 1 aromatic heterocycles. The summed E-state index contributed by atoms with van der Waals surface area (Å²) in [5, 5.41) is 0. The molecule has 39 heavy (non-hydrogen) atoms. The molecule has 0 amide bonds. The van der Waals surface area contributed by atoms with Gasteiger partial charge >= 0.3 is 0 Å². The fourth-order valence-corrected chi connectivity index (χ4v) is 6.25. The Kier molecular flexibility index (Phi) is 4.89. The highest BCUT2D eigenvalue weighted by molar-refractivity contribution is 7.00.